The molecule has 2 aromatic rings. The normalized spacial score (nSPS) is 18.4. The quantitative estimate of drug-likeness (QED) is 0.660. The summed E-state index contributed by atoms with van der Waals surface area (Å²) in [5.74, 6) is 0. The molecule has 0 saturated heterocycles. The molecular formula is C20H19Cl2NO3S. The SMILES string of the molecule is C[C@H](O)c1cccc(NS(=O)(=O)c2ccc(C3=C(Cl)CC(Cl)C=C3)cc2)c1. The predicted molar refractivity (Wildman–Crippen MR) is 110 cm³/mol. The summed E-state index contributed by atoms with van der Waals surface area (Å²) >= 11 is 12.3. The van der Waals surface area contributed by atoms with Gasteiger partial charge in [0.05, 0.1) is 16.4 Å². The maximum Gasteiger partial charge on any atom is 0.261 e. The molecule has 0 aliphatic heterocycles. The van der Waals surface area contributed by atoms with Gasteiger partial charge in [-0.25, -0.2) is 8.42 Å². The molecule has 1 unspecified atom stereocenters. The fraction of sp³-hybridized carbons (Fsp3) is 0.200. The maximum atomic E-state index is 12.6. The molecule has 0 radical (unpaired) electrons. The number of alkyl halides is 1. The van der Waals surface area contributed by atoms with Crippen molar-refractivity contribution >= 4 is 44.5 Å². The van der Waals surface area contributed by atoms with E-state index in [1.807, 2.05) is 12.2 Å². The van der Waals surface area contributed by atoms with E-state index in [0.717, 1.165) is 11.1 Å². The molecule has 1 aliphatic rings. The lowest BCUT2D eigenvalue weighted by atomic mass is 9.99. The van der Waals surface area contributed by atoms with Crippen molar-refractivity contribution in [3.05, 3.63) is 76.8 Å². The first kappa shape index (κ1) is 20.0. The number of rotatable bonds is 5. The van der Waals surface area contributed by atoms with Crippen LogP contribution >= 0.6 is 23.2 Å². The number of halogens is 2. The zero-order valence-corrected chi connectivity index (χ0v) is 16.9. The summed E-state index contributed by atoms with van der Waals surface area (Å²) in [6.07, 6.45) is 3.59. The van der Waals surface area contributed by atoms with Crippen molar-refractivity contribution in [2.75, 3.05) is 4.72 Å². The van der Waals surface area contributed by atoms with Gasteiger partial charge in [0.15, 0.2) is 0 Å². The van der Waals surface area contributed by atoms with E-state index >= 15 is 0 Å². The smallest absolute Gasteiger partial charge is 0.261 e. The minimum Gasteiger partial charge on any atom is -0.389 e. The Morgan fingerprint density at radius 2 is 1.89 bits per heavy atom. The van der Waals surface area contributed by atoms with E-state index in [-0.39, 0.29) is 10.3 Å². The van der Waals surface area contributed by atoms with Crippen molar-refractivity contribution in [2.45, 2.75) is 29.7 Å². The molecule has 0 aromatic heterocycles. The van der Waals surface area contributed by atoms with E-state index in [4.69, 9.17) is 23.2 Å². The van der Waals surface area contributed by atoms with Gasteiger partial charge in [-0.1, -0.05) is 48.0 Å². The Kier molecular flexibility index (Phi) is 5.96. The highest BCUT2D eigenvalue weighted by molar-refractivity contribution is 7.92. The molecule has 1 aliphatic carbocycles. The second kappa shape index (κ2) is 8.07. The van der Waals surface area contributed by atoms with Gasteiger partial charge >= 0.3 is 0 Å². The number of aliphatic hydroxyl groups excluding tert-OH is 1. The van der Waals surface area contributed by atoms with Gasteiger partial charge in [-0.2, -0.15) is 0 Å². The van der Waals surface area contributed by atoms with Crippen LogP contribution in [0.4, 0.5) is 5.69 Å². The van der Waals surface area contributed by atoms with E-state index in [1.54, 1.807) is 43.3 Å². The second-order valence-corrected chi connectivity index (χ2v) is 9.03. The number of sulfonamides is 1. The molecule has 4 nitrogen and oxygen atoms in total. The van der Waals surface area contributed by atoms with Crippen LogP contribution in [0.15, 0.2) is 70.6 Å². The summed E-state index contributed by atoms with van der Waals surface area (Å²) in [6.45, 7) is 1.62. The second-order valence-electron chi connectivity index (χ2n) is 6.33. The average Bonchev–Trinajstić information content (AvgIpc) is 2.62. The molecule has 2 aromatic carbocycles. The fourth-order valence-electron chi connectivity index (χ4n) is 2.78. The van der Waals surface area contributed by atoms with Gasteiger partial charge in [0, 0.05) is 17.1 Å². The average molecular weight is 424 g/mol. The third-order valence-corrected chi connectivity index (χ3v) is 6.29. The third kappa shape index (κ3) is 4.74. The Morgan fingerprint density at radius 3 is 2.52 bits per heavy atom. The lowest BCUT2D eigenvalue weighted by molar-refractivity contribution is 0.199. The lowest BCUT2D eigenvalue weighted by Gasteiger charge is -2.15. The molecule has 3 rings (SSSR count). The summed E-state index contributed by atoms with van der Waals surface area (Å²) in [5.41, 5.74) is 2.70. The highest BCUT2D eigenvalue weighted by atomic mass is 35.5. The number of benzene rings is 2. The van der Waals surface area contributed by atoms with Crippen LogP contribution in [0.2, 0.25) is 0 Å². The molecule has 0 spiro atoms. The van der Waals surface area contributed by atoms with Crippen LogP contribution in [0.5, 0.6) is 0 Å². The lowest BCUT2D eigenvalue weighted by Crippen LogP contribution is -2.13. The zero-order valence-electron chi connectivity index (χ0n) is 14.6. The van der Waals surface area contributed by atoms with Crippen LogP contribution in [0, 0.1) is 0 Å². The van der Waals surface area contributed by atoms with E-state index < -0.39 is 16.1 Å². The van der Waals surface area contributed by atoms with Crippen LogP contribution in [-0.2, 0) is 10.0 Å². The Labute approximate surface area is 169 Å². The van der Waals surface area contributed by atoms with Crippen molar-refractivity contribution < 1.29 is 13.5 Å². The minimum absolute atomic E-state index is 0.123. The Hall–Kier alpha value is -1.79. The molecule has 0 saturated carbocycles. The van der Waals surface area contributed by atoms with Gasteiger partial charge in [0.25, 0.3) is 10.0 Å². The monoisotopic (exact) mass is 423 g/mol. The standard InChI is InChI=1S/C20H19Cl2NO3S/c1-13(24)15-3-2-4-17(11-15)23-27(25,26)18-8-5-14(6-9-18)19-10-7-16(21)12-20(19)22/h2-11,13,16,23-24H,12H2,1H3/t13-,16?/m0/s1. The topological polar surface area (TPSA) is 66.4 Å². The Morgan fingerprint density at radius 1 is 1.19 bits per heavy atom. The van der Waals surface area contributed by atoms with E-state index in [9.17, 15) is 13.5 Å². The van der Waals surface area contributed by atoms with Crippen LogP contribution in [0.1, 0.15) is 30.6 Å². The van der Waals surface area contributed by atoms with Gasteiger partial charge < -0.3 is 5.11 Å². The van der Waals surface area contributed by atoms with Gasteiger partial charge in [-0.15, -0.1) is 11.6 Å². The molecule has 0 fully saturated rings. The number of aliphatic hydroxyl groups is 1. The molecule has 2 N–H and O–H groups in total. The molecule has 7 heteroatoms. The summed E-state index contributed by atoms with van der Waals surface area (Å²) in [4.78, 5) is 0.139. The largest absolute Gasteiger partial charge is 0.389 e. The van der Waals surface area contributed by atoms with Crippen molar-refractivity contribution in [3.63, 3.8) is 0 Å². The Bertz CT molecular complexity index is 996. The van der Waals surface area contributed by atoms with Crippen molar-refractivity contribution in [2.24, 2.45) is 0 Å². The van der Waals surface area contributed by atoms with Crippen molar-refractivity contribution in [1.82, 2.24) is 0 Å². The highest BCUT2D eigenvalue weighted by Gasteiger charge is 2.17. The van der Waals surface area contributed by atoms with Crippen LogP contribution < -0.4 is 4.72 Å². The molecule has 0 amide bonds. The maximum absolute atomic E-state index is 12.6. The van der Waals surface area contributed by atoms with Gasteiger partial charge in [0.2, 0.25) is 0 Å². The molecule has 2 atom stereocenters. The Balaban J connectivity index is 1.83. The number of allylic oxidation sites excluding steroid dienone is 4. The first-order chi connectivity index (χ1) is 12.8. The number of nitrogens with one attached hydrogen (secondary N) is 1. The molecular weight excluding hydrogens is 405 g/mol. The number of hydrogen-bond acceptors (Lipinski definition) is 3. The zero-order chi connectivity index (χ0) is 19.6. The number of hydrogen-bond donors (Lipinski definition) is 2. The summed E-state index contributed by atoms with van der Waals surface area (Å²) in [6, 6.07) is 13.2. The molecule has 142 valence electrons. The summed E-state index contributed by atoms with van der Waals surface area (Å²) < 4.78 is 27.8. The molecule has 27 heavy (non-hydrogen) atoms. The van der Waals surface area contributed by atoms with Gasteiger partial charge in [-0.05, 0) is 47.9 Å². The number of anilines is 1. The van der Waals surface area contributed by atoms with Crippen LogP contribution in [0.3, 0.4) is 0 Å². The van der Waals surface area contributed by atoms with Crippen LogP contribution in [-0.4, -0.2) is 18.9 Å². The summed E-state index contributed by atoms with van der Waals surface area (Å²) in [7, 11) is -3.75. The van der Waals surface area contributed by atoms with Crippen molar-refractivity contribution in [1.29, 1.82) is 0 Å². The molecule has 0 heterocycles. The highest BCUT2D eigenvalue weighted by Crippen LogP contribution is 2.32. The van der Waals surface area contributed by atoms with E-state index in [2.05, 4.69) is 4.72 Å². The van der Waals surface area contributed by atoms with Crippen molar-refractivity contribution in [3.8, 4) is 0 Å². The van der Waals surface area contributed by atoms with E-state index in [0.29, 0.717) is 22.7 Å². The minimum atomic E-state index is -3.75. The molecule has 0 bridgehead atoms. The third-order valence-electron chi connectivity index (χ3n) is 4.24. The van der Waals surface area contributed by atoms with Gasteiger partial charge in [0.1, 0.15) is 0 Å². The predicted octanol–water partition coefficient (Wildman–Crippen LogP) is 5.06. The van der Waals surface area contributed by atoms with Crippen LogP contribution in [0.25, 0.3) is 5.57 Å². The fourth-order valence-corrected chi connectivity index (χ4v) is 4.48. The van der Waals surface area contributed by atoms with E-state index in [1.165, 1.54) is 12.1 Å². The first-order valence-corrected chi connectivity index (χ1v) is 10.7. The van der Waals surface area contributed by atoms with Gasteiger partial charge in [-0.3, -0.25) is 4.72 Å². The summed E-state index contributed by atoms with van der Waals surface area (Å²) in [5, 5.41) is 10.2. The first-order valence-electron chi connectivity index (χ1n) is 8.38.